The molecule has 1 aromatic rings. The van der Waals surface area contributed by atoms with E-state index in [0.717, 1.165) is 57.8 Å². The minimum absolute atomic E-state index is 0.0317. The highest BCUT2D eigenvalue weighted by molar-refractivity contribution is 5.77. The van der Waals surface area contributed by atoms with Crippen LogP contribution in [0.2, 0.25) is 0 Å². The van der Waals surface area contributed by atoms with Gasteiger partial charge in [-0.05, 0) is 69.1 Å². The van der Waals surface area contributed by atoms with Crippen LogP contribution >= 0.6 is 0 Å². The normalized spacial score (nSPS) is 14.9. The van der Waals surface area contributed by atoms with E-state index in [-0.39, 0.29) is 29.9 Å². The minimum atomic E-state index is -0.0671. The van der Waals surface area contributed by atoms with Gasteiger partial charge in [-0.1, -0.05) is 214 Å². The molecule has 1 saturated carbocycles. The second-order valence-corrected chi connectivity index (χ2v) is 20.2. The Labute approximate surface area is 395 Å². The number of carbonyl (C=O) groups excluding carboxylic acids is 3. The van der Waals surface area contributed by atoms with Crippen LogP contribution in [-0.2, 0) is 19.1 Å². The molecule has 0 aromatic carbocycles. The molecule has 0 unspecified atom stereocenters. The lowest BCUT2D eigenvalue weighted by Crippen LogP contribution is -2.50. The van der Waals surface area contributed by atoms with Gasteiger partial charge in [0.15, 0.2) is 0 Å². The largest absolute Gasteiger partial charge is 0.465 e. The van der Waals surface area contributed by atoms with Crippen molar-refractivity contribution in [2.75, 3.05) is 19.8 Å². The molecule has 1 aromatic heterocycles. The summed E-state index contributed by atoms with van der Waals surface area (Å²) in [6.07, 6.45) is 51.2. The SMILES string of the molecule is CCCCCCCCCC(CCCCCCCCC)COC(=O)CCCCCCCN(C(=O)n1ccnc1)C1CC(CC(=O)OCC(CCCCCCCC)CCCCCCCC)C1. The number of hydrogen-bond acceptors (Lipinski definition) is 6. The number of esters is 2. The molecule has 8 heteroatoms. The zero-order valence-corrected chi connectivity index (χ0v) is 42.6. The summed E-state index contributed by atoms with van der Waals surface area (Å²) in [5.41, 5.74) is 0. The molecule has 0 radical (unpaired) electrons. The summed E-state index contributed by atoms with van der Waals surface area (Å²) >= 11 is 0. The molecule has 0 bridgehead atoms. The van der Waals surface area contributed by atoms with E-state index in [1.165, 1.54) is 180 Å². The van der Waals surface area contributed by atoms with Crippen molar-refractivity contribution in [3.63, 3.8) is 0 Å². The lowest BCUT2D eigenvalue weighted by atomic mass is 9.77. The van der Waals surface area contributed by atoms with Crippen LogP contribution in [0, 0.1) is 17.8 Å². The highest BCUT2D eigenvalue weighted by Crippen LogP contribution is 2.35. The van der Waals surface area contributed by atoms with Gasteiger partial charge in [-0.15, -0.1) is 0 Å². The maximum Gasteiger partial charge on any atom is 0.329 e. The number of imidazole rings is 1. The predicted octanol–water partition coefficient (Wildman–Crippen LogP) is 16.8. The molecule has 2 rings (SSSR count). The van der Waals surface area contributed by atoms with E-state index >= 15 is 0 Å². The average molecular weight is 898 g/mol. The maximum absolute atomic E-state index is 13.6. The first-order chi connectivity index (χ1) is 31.4. The van der Waals surface area contributed by atoms with Gasteiger partial charge >= 0.3 is 18.0 Å². The number of nitrogens with zero attached hydrogens (tertiary/aromatic N) is 3. The highest BCUT2D eigenvalue weighted by atomic mass is 16.5. The van der Waals surface area contributed by atoms with Crippen molar-refractivity contribution in [1.82, 2.24) is 14.5 Å². The predicted molar refractivity (Wildman–Crippen MR) is 269 cm³/mol. The zero-order chi connectivity index (χ0) is 46.1. The fraction of sp³-hybridized carbons (Fsp3) is 0.893. The monoisotopic (exact) mass is 898 g/mol. The molecule has 0 saturated heterocycles. The number of hydrogen-bond donors (Lipinski definition) is 0. The summed E-state index contributed by atoms with van der Waals surface area (Å²) in [5, 5.41) is 0. The van der Waals surface area contributed by atoms with Gasteiger partial charge in [0.1, 0.15) is 6.33 Å². The number of carbonyl (C=O) groups is 3. The first kappa shape index (κ1) is 57.7. The summed E-state index contributed by atoms with van der Waals surface area (Å²) in [6, 6.07) is 0.104. The Kier molecular flexibility index (Phi) is 36.9. The van der Waals surface area contributed by atoms with Crippen LogP contribution in [0.1, 0.15) is 278 Å². The smallest absolute Gasteiger partial charge is 0.329 e. The maximum atomic E-state index is 13.6. The Morgan fingerprint density at radius 3 is 1.34 bits per heavy atom. The average Bonchev–Trinajstić information content (AvgIpc) is 3.83. The van der Waals surface area contributed by atoms with Crippen molar-refractivity contribution in [2.24, 2.45) is 17.8 Å². The van der Waals surface area contributed by atoms with Gasteiger partial charge in [0, 0.05) is 37.8 Å². The minimum Gasteiger partial charge on any atom is -0.465 e. The lowest BCUT2D eigenvalue weighted by Gasteiger charge is -2.42. The van der Waals surface area contributed by atoms with Crippen molar-refractivity contribution in [1.29, 1.82) is 0 Å². The first-order valence-electron chi connectivity index (χ1n) is 28.0. The molecule has 1 aliphatic carbocycles. The third-order valence-electron chi connectivity index (χ3n) is 14.2. The summed E-state index contributed by atoms with van der Waals surface area (Å²) in [6.45, 7) is 10.9. The first-order valence-corrected chi connectivity index (χ1v) is 28.0. The third kappa shape index (κ3) is 30.0. The van der Waals surface area contributed by atoms with E-state index in [4.69, 9.17) is 9.47 Å². The summed E-state index contributed by atoms with van der Waals surface area (Å²) in [5.74, 6) is 1.13. The Bertz CT molecular complexity index is 1180. The van der Waals surface area contributed by atoms with E-state index < -0.39 is 0 Å². The molecule has 1 aliphatic rings. The Balaban J connectivity index is 1.71. The van der Waals surface area contributed by atoms with Gasteiger partial charge in [-0.25, -0.2) is 9.78 Å². The number of unbranched alkanes of at least 4 members (excludes halogenated alkanes) is 26. The second kappa shape index (κ2) is 40.9. The standard InChI is InChI=1S/C56H103N3O5/c1-5-9-13-17-21-26-32-36-50(37-33-27-22-18-14-10-6-2)47-63-54(60)40-34-28-23-29-35-42-59(56(62)58-43-41-57-49-58)53-44-52(45-53)46-55(61)64-48-51(38-30-24-19-15-11-7-3)39-31-25-20-16-12-8-4/h41,43,49-53H,5-40,42,44-48H2,1-4H3. The van der Waals surface area contributed by atoms with Gasteiger partial charge in [0.05, 0.1) is 13.2 Å². The molecule has 1 amide bonds. The molecule has 0 spiro atoms. The number of ether oxygens (including phenoxy) is 2. The molecule has 1 fully saturated rings. The van der Waals surface area contributed by atoms with Gasteiger partial charge in [0.2, 0.25) is 0 Å². The third-order valence-corrected chi connectivity index (χ3v) is 14.2. The van der Waals surface area contributed by atoms with Crippen LogP contribution in [-0.4, -0.2) is 58.2 Å². The zero-order valence-electron chi connectivity index (χ0n) is 42.6. The number of aromatic nitrogens is 2. The molecular formula is C56H103N3O5. The van der Waals surface area contributed by atoms with Crippen LogP contribution in [0.15, 0.2) is 18.7 Å². The molecular weight excluding hydrogens is 795 g/mol. The second-order valence-electron chi connectivity index (χ2n) is 20.2. The van der Waals surface area contributed by atoms with Gasteiger partial charge in [0.25, 0.3) is 0 Å². The van der Waals surface area contributed by atoms with Crippen molar-refractivity contribution >= 4 is 18.0 Å². The van der Waals surface area contributed by atoms with E-state index in [0.29, 0.717) is 44.4 Å². The van der Waals surface area contributed by atoms with Crippen molar-refractivity contribution < 1.29 is 23.9 Å². The lowest BCUT2D eigenvalue weighted by molar-refractivity contribution is -0.147. The van der Waals surface area contributed by atoms with Gasteiger partial charge < -0.3 is 14.4 Å². The van der Waals surface area contributed by atoms with Crippen LogP contribution in [0.5, 0.6) is 0 Å². The van der Waals surface area contributed by atoms with Crippen molar-refractivity contribution in [3.8, 4) is 0 Å². The molecule has 0 N–H and O–H groups in total. The van der Waals surface area contributed by atoms with Crippen LogP contribution < -0.4 is 0 Å². The van der Waals surface area contributed by atoms with Crippen molar-refractivity contribution in [3.05, 3.63) is 18.7 Å². The highest BCUT2D eigenvalue weighted by Gasteiger charge is 2.37. The van der Waals surface area contributed by atoms with E-state index in [9.17, 15) is 14.4 Å². The van der Waals surface area contributed by atoms with Gasteiger partial charge in [-0.3, -0.25) is 14.2 Å². The summed E-state index contributed by atoms with van der Waals surface area (Å²) in [4.78, 5) is 45.6. The molecule has 1 heterocycles. The summed E-state index contributed by atoms with van der Waals surface area (Å²) in [7, 11) is 0. The number of rotatable bonds is 45. The van der Waals surface area contributed by atoms with E-state index in [1.54, 1.807) is 23.3 Å². The van der Waals surface area contributed by atoms with E-state index in [2.05, 4.69) is 32.7 Å². The molecule has 8 nitrogen and oxygen atoms in total. The summed E-state index contributed by atoms with van der Waals surface area (Å²) < 4.78 is 13.4. The fourth-order valence-corrected chi connectivity index (χ4v) is 9.78. The molecule has 64 heavy (non-hydrogen) atoms. The van der Waals surface area contributed by atoms with Crippen LogP contribution in [0.4, 0.5) is 4.79 Å². The van der Waals surface area contributed by atoms with Crippen LogP contribution in [0.3, 0.4) is 0 Å². The molecule has 0 aliphatic heterocycles. The quantitative estimate of drug-likeness (QED) is 0.0478. The van der Waals surface area contributed by atoms with Crippen LogP contribution in [0.25, 0.3) is 0 Å². The fourth-order valence-electron chi connectivity index (χ4n) is 9.78. The van der Waals surface area contributed by atoms with E-state index in [1.807, 2.05) is 4.90 Å². The Hall–Kier alpha value is -2.38. The van der Waals surface area contributed by atoms with Crippen molar-refractivity contribution in [2.45, 2.75) is 284 Å². The molecule has 372 valence electrons. The van der Waals surface area contributed by atoms with Gasteiger partial charge in [-0.2, -0.15) is 0 Å². The molecule has 0 atom stereocenters. The topological polar surface area (TPSA) is 90.7 Å². The Morgan fingerprint density at radius 2 is 0.922 bits per heavy atom. The number of amides is 1. The Morgan fingerprint density at radius 1 is 0.531 bits per heavy atom.